The summed E-state index contributed by atoms with van der Waals surface area (Å²) in [5.41, 5.74) is 4.63. The maximum atomic E-state index is 6.30. The highest BCUT2D eigenvalue weighted by Crippen LogP contribution is 2.22. The molecule has 0 radical (unpaired) electrons. The molecule has 1 aromatic heterocycles. The lowest BCUT2D eigenvalue weighted by molar-refractivity contribution is 0.0585. The number of rotatable bonds is 9. The number of nitrogens with zero attached hydrogens (tertiary/aromatic N) is 2. The van der Waals surface area contributed by atoms with Gasteiger partial charge in [-0.15, -0.1) is 0 Å². The summed E-state index contributed by atoms with van der Waals surface area (Å²) in [5.74, 6) is 5.54. The smallest absolute Gasteiger partial charge is 0.0850 e. The van der Waals surface area contributed by atoms with E-state index in [1.165, 1.54) is 0 Å². The summed E-state index contributed by atoms with van der Waals surface area (Å²) in [6.45, 7) is 3.66. The van der Waals surface area contributed by atoms with Crippen LogP contribution in [0.25, 0.3) is 0 Å². The Labute approximate surface area is 119 Å². The zero-order valence-corrected chi connectivity index (χ0v) is 12.5. The van der Waals surface area contributed by atoms with Crippen molar-refractivity contribution in [3.05, 3.63) is 16.4 Å². The highest BCUT2D eigenvalue weighted by atomic mass is 35.5. The number of nitrogens with two attached hydrogens (primary N) is 1. The molecule has 3 N–H and O–H groups in total. The maximum absolute atomic E-state index is 6.30. The first-order valence-corrected chi connectivity index (χ1v) is 6.74. The molecule has 6 nitrogen and oxygen atoms in total. The molecule has 1 atom stereocenters. The predicted molar refractivity (Wildman–Crippen MR) is 75.1 cm³/mol. The summed E-state index contributed by atoms with van der Waals surface area (Å²) < 4.78 is 12.2. The van der Waals surface area contributed by atoms with E-state index in [2.05, 4.69) is 10.5 Å². The van der Waals surface area contributed by atoms with E-state index in [-0.39, 0.29) is 6.04 Å². The SMILES string of the molecule is CCc1nn(C)c(CC(COCCOC)NN)c1Cl. The zero-order chi connectivity index (χ0) is 14.3. The molecule has 0 aliphatic heterocycles. The number of aryl methyl sites for hydroxylation is 2. The molecule has 110 valence electrons. The number of halogens is 1. The van der Waals surface area contributed by atoms with Crippen molar-refractivity contribution in [3.8, 4) is 0 Å². The first-order chi connectivity index (χ1) is 9.13. The van der Waals surface area contributed by atoms with E-state index in [9.17, 15) is 0 Å². The van der Waals surface area contributed by atoms with Crippen LogP contribution in [-0.4, -0.2) is 42.8 Å². The van der Waals surface area contributed by atoms with E-state index in [1.807, 2.05) is 14.0 Å². The lowest BCUT2D eigenvalue weighted by Gasteiger charge is -2.16. The van der Waals surface area contributed by atoms with Gasteiger partial charge in [0.2, 0.25) is 0 Å². The van der Waals surface area contributed by atoms with Gasteiger partial charge in [0.25, 0.3) is 0 Å². The number of hydrogen-bond donors (Lipinski definition) is 2. The molecule has 0 saturated carbocycles. The number of ether oxygens (including phenoxy) is 2. The highest BCUT2D eigenvalue weighted by Gasteiger charge is 2.17. The Bertz CT molecular complexity index is 384. The number of nitrogens with one attached hydrogen (secondary N) is 1. The van der Waals surface area contributed by atoms with Crippen LogP contribution in [0, 0.1) is 0 Å². The summed E-state index contributed by atoms with van der Waals surface area (Å²) in [6, 6.07) is -0.00513. The van der Waals surface area contributed by atoms with Crippen molar-refractivity contribution in [1.29, 1.82) is 0 Å². The van der Waals surface area contributed by atoms with Gasteiger partial charge in [0.15, 0.2) is 0 Å². The second kappa shape index (κ2) is 8.50. The average Bonchev–Trinajstić information content (AvgIpc) is 2.69. The van der Waals surface area contributed by atoms with Crippen molar-refractivity contribution in [1.82, 2.24) is 15.2 Å². The van der Waals surface area contributed by atoms with E-state index < -0.39 is 0 Å². The van der Waals surface area contributed by atoms with Crippen molar-refractivity contribution >= 4 is 11.6 Å². The molecule has 0 saturated heterocycles. The van der Waals surface area contributed by atoms with Gasteiger partial charge in [0.1, 0.15) is 0 Å². The maximum Gasteiger partial charge on any atom is 0.0850 e. The van der Waals surface area contributed by atoms with Crippen LogP contribution in [0.15, 0.2) is 0 Å². The van der Waals surface area contributed by atoms with E-state index in [0.717, 1.165) is 22.8 Å². The van der Waals surface area contributed by atoms with E-state index in [1.54, 1.807) is 11.8 Å². The van der Waals surface area contributed by atoms with Crippen LogP contribution < -0.4 is 11.3 Å². The quantitative estimate of drug-likeness (QED) is 0.397. The molecule has 1 rings (SSSR count). The molecule has 0 fully saturated rings. The van der Waals surface area contributed by atoms with Crippen LogP contribution in [0.3, 0.4) is 0 Å². The highest BCUT2D eigenvalue weighted by molar-refractivity contribution is 6.31. The number of hydrazine groups is 1. The minimum Gasteiger partial charge on any atom is -0.382 e. The molecule has 0 aliphatic rings. The summed E-state index contributed by atoms with van der Waals surface area (Å²) in [7, 11) is 3.53. The molecule has 1 unspecified atom stereocenters. The van der Waals surface area contributed by atoms with Crippen LogP contribution >= 0.6 is 11.6 Å². The van der Waals surface area contributed by atoms with E-state index in [0.29, 0.717) is 26.2 Å². The lowest BCUT2D eigenvalue weighted by atomic mass is 10.1. The van der Waals surface area contributed by atoms with Gasteiger partial charge < -0.3 is 9.47 Å². The van der Waals surface area contributed by atoms with E-state index >= 15 is 0 Å². The first-order valence-electron chi connectivity index (χ1n) is 6.37. The largest absolute Gasteiger partial charge is 0.382 e. The predicted octanol–water partition coefficient (Wildman–Crippen LogP) is 0.673. The number of aromatic nitrogens is 2. The minimum absolute atomic E-state index is 0.00513. The average molecular weight is 291 g/mol. The molecular formula is C12H23ClN4O2. The number of hydrogen-bond acceptors (Lipinski definition) is 5. The number of methoxy groups -OCH3 is 1. The molecule has 19 heavy (non-hydrogen) atoms. The molecule has 0 spiro atoms. The van der Waals surface area contributed by atoms with Crippen LogP contribution in [-0.2, 0) is 29.4 Å². The molecule has 1 heterocycles. The zero-order valence-electron chi connectivity index (χ0n) is 11.8. The Morgan fingerprint density at radius 2 is 2.21 bits per heavy atom. The van der Waals surface area contributed by atoms with Crippen molar-refractivity contribution < 1.29 is 9.47 Å². The molecular weight excluding hydrogens is 268 g/mol. The monoisotopic (exact) mass is 290 g/mol. The van der Waals surface area contributed by atoms with Crippen molar-refractivity contribution in [3.63, 3.8) is 0 Å². The normalized spacial score (nSPS) is 12.9. The topological polar surface area (TPSA) is 74.3 Å². The van der Waals surface area contributed by atoms with Crippen molar-refractivity contribution in [2.45, 2.75) is 25.8 Å². The fourth-order valence-corrected chi connectivity index (χ4v) is 2.18. The van der Waals surface area contributed by atoms with Gasteiger partial charge in [-0.05, 0) is 6.42 Å². The summed E-state index contributed by atoms with van der Waals surface area (Å²) in [6.07, 6.45) is 1.49. The molecule has 1 aromatic rings. The van der Waals surface area contributed by atoms with Gasteiger partial charge in [0.05, 0.1) is 36.2 Å². The van der Waals surface area contributed by atoms with Crippen LogP contribution in [0.5, 0.6) is 0 Å². The molecule has 0 bridgehead atoms. The van der Waals surface area contributed by atoms with Gasteiger partial charge in [-0.1, -0.05) is 18.5 Å². The van der Waals surface area contributed by atoms with Crippen molar-refractivity contribution in [2.75, 3.05) is 26.9 Å². The molecule has 7 heteroatoms. The second-order valence-corrected chi connectivity index (χ2v) is 4.70. The third-order valence-electron chi connectivity index (χ3n) is 2.93. The minimum atomic E-state index is -0.00513. The van der Waals surface area contributed by atoms with Gasteiger partial charge in [-0.3, -0.25) is 16.0 Å². The van der Waals surface area contributed by atoms with Gasteiger partial charge in [-0.2, -0.15) is 5.10 Å². The molecule has 0 aromatic carbocycles. The summed E-state index contributed by atoms with van der Waals surface area (Å²) >= 11 is 6.30. The third-order valence-corrected chi connectivity index (χ3v) is 3.37. The van der Waals surface area contributed by atoms with Crippen LogP contribution in [0.1, 0.15) is 18.3 Å². The Kier molecular flexibility index (Phi) is 7.33. The summed E-state index contributed by atoms with van der Waals surface area (Å²) in [5, 5.41) is 5.11. The lowest BCUT2D eigenvalue weighted by Crippen LogP contribution is -2.41. The summed E-state index contributed by atoms with van der Waals surface area (Å²) in [4.78, 5) is 0. The Balaban J connectivity index is 2.57. The molecule has 0 amide bonds. The van der Waals surface area contributed by atoms with E-state index in [4.69, 9.17) is 26.9 Å². The third kappa shape index (κ3) is 4.74. The molecule has 0 aliphatic carbocycles. The Morgan fingerprint density at radius 1 is 1.47 bits per heavy atom. The van der Waals surface area contributed by atoms with Crippen molar-refractivity contribution in [2.24, 2.45) is 12.9 Å². The second-order valence-electron chi connectivity index (χ2n) is 4.32. The Morgan fingerprint density at radius 3 is 2.74 bits per heavy atom. The first kappa shape index (κ1) is 16.4. The Hall–Kier alpha value is -0.660. The van der Waals surface area contributed by atoms with Gasteiger partial charge >= 0.3 is 0 Å². The fourth-order valence-electron chi connectivity index (χ4n) is 1.81. The standard InChI is InChI=1S/C12H23ClN4O2/c1-4-10-12(13)11(17(2)16-10)7-9(15-14)8-19-6-5-18-3/h9,15H,4-8,14H2,1-3H3. The van der Waals surface area contributed by atoms with Crippen LogP contribution in [0.4, 0.5) is 0 Å². The van der Waals surface area contributed by atoms with Gasteiger partial charge in [0, 0.05) is 26.6 Å². The van der Waals surface area contributed by atoms with Crippen LogP contribution in [0.2, 0.25) is 5.02 Å². The van der Waals surface area contributed by atoms with Gasteiger partial charge in [-0.25, -0.2) is 0 Å². The fraction of sp³-hybridized carbons (Fsp3) is 0.750.